The summed E-state index contributed by atoms with van der Waals surface area (Å²) in [7, 11) is -3.71. The summed E-state index contributed by atoms with van der Waals surface area (Å²) in [6.45, 7) is 3.81. The molecule has 0 unspecified atom stereocenters. The molecule has 30 heavy (non-hydrogen) atoms. The Morgan fingerprint density at radius 3 is 2.53 bits per heavy atom. The molecule has 3 rings (SSSR count). The van der Waals surface area contributed by atoms with Gasteiger partial charge in [-0.1, -0.05) is 29.8 Å². The highest BCUT2D eigenvalue weighted by Crippen LogP contribution is 2.30. The van der Waals surface area contributed by atoms with E-state index in [2.05, 4.69) is 0 Å². The summed E-state index contributed by atoms with van der Waals surface area (Å²) in [6, 6.07) is 12.7. The first-order valence-corrected chi connectivity index (χ1v) is 11.1. The maximum atomic E-state index is 12.9. The second-order valence-corrected chi connectivity index (χ2v) is 9.35. The number of hydrogen-bond donors (Lipinski definition) is 0. The topological polar surface area (TPSA) is 107 Å². The fourth-order valence-corrected chi connectivity index (χ4v) is 5.07. The Balaban J connectivity index is 1.71. The van der Waals surface area contributed by atoms with Crippen molar-refractivity contribution in [2.45, 2.75) is 37.7 Å². The van der Waals surface area contributed by atoms with Gasteiger partial charge in [-0.05, 0) is 44.9 Å². The van der Waals surface area contributed by atoms with Crippen LogP contribution in [0, 0.1) is 23.0 Å². The lowest BCUT2D eigenvalue weighted by atomic mass is 9.99. The molecule has 0 amide bonds. The second kappa shape index (κ2) is 8.93. The van der Waals surface area contributed by atoms with E-state index >= 15 is 0 Å². The molecule has 8 nitrogen and oxygen atoms in total. The second-order valence-electron chi connectivity index (χ2n) is 7.41. The van der Waals surface area contributed by atoms with E-state index in [0.717, 1.165) is 5.56 Å². The van der Waals surface area contributed by atoms with Crippen LogP contribution in [0.4, 0.5) is 5.69 Å². The van der Waals surface area contributed by atoms with Gasteiger partial charge in [0.2, 0.25) is 10.0 Å². The van der Waals surface area contributed by atoms with Crippen LogP contribution in [0.25, 0.3) is 0 Å². The van der Waals surface area contributed by atoms with Gasteiger partial charge in [-0.25, -0.2) is 8.42 Å². The zero-order valence-corrected chi connectivity index (χ0v) is 17.7. The largest absolute Gasteiger partial charge is 0.457 e. The molecule has 0 spiro atoms. The van der Waals surface area contributed by atoms with Gasteiger partial charge in [0.25, 0.3) is 5.69 Å². The minimum Gasteiger partial charge on any atom is -0.457 e. The van der Waals surface area contributed by atoms with Crippen LogP contribution >= 0.6 is 0 Å². The monoisotopic (exact) mass is 432 g/mol. The zero-order chi connectivity index (χ0) is 21.9. The van der Waals surface area contributed by atoms with Gasteiger partial charge in [0.05, 0.1) is 21.3 Å². The first-order valence-electron chi connectivity index (χ1n) is 9.71. The van der Waals surface area contributed by atoms with E-state index in [9.17, 15) is 23.3 Å². The number of esters is 1. The Kier molecular flexibility index (Phi) is 6.52. The molecule has 1 aliphatic heterocycles. The number of aryl methyl sites for hydroxylation is 1. The molecule has 2 aromatic rings. The molecule has 0 saturated carbocycles. The van der Waals surface area contributed by atoms with Gasteiger partial charge in [-0.2, -0.15) is 4.31 Å². The van der Waals surface area contributed by atoms with Crippen molar-refractivity contribution in [2.75, 3.05) is 13.1 Å². The summed E-state index contributed by atoms with van der Waals surface area (Å²) in [4.78, 5) is 23.6. The van der Waals surface area contributed by atoms with E-state index in [4.69, 9.17) is 4.74 Å². The standard InChI is InChI=1S/C21H24N2O6S/c1-15-9-11-18(12-10-15)30(27,28)22-13-5-6-17(14-22)21(24)29-16(2)19-7-3-4-8-20(19)23(25)26/h3-4,7-12,16-17H,5-6,13-14H2,1-2H3/t16-,17+/m0/s1. The molecule has 9 heteroatoms. The maximum Gasteiger partial charge on any atom is 0.310 e. The molecule has 0 aromatic heterocycles. The van der Waals surface area contributed by atoms with Crippen LogP contribution in [-0.4, -0.2) is 36.7 Å². The number of carbonyl (C=O) groups is 1. The van der Waals surface area contributed by atoms with Crippen molar-refractivity contribution in [2.24, 2.45) is 5.92 Å². The SMILES string of the molecule is Cc1ccc(S(=O)(=O)N2CCC[C@@H](C(=O)O[C@@H](C)c3ccccc3[N+](=O)[O-])C2)cc1. The van der Waals surface area contributed by atoms with Crippen molar-refractivity contribution in [3.05, 3.63) is 69.8 Å². The minimum atomic E-state index is -3.71. The van der Waals surface area contributed by atoms with Crippen molar-refractivity contribution in [3.8, 4) is 0 Å². The van der Waals surface area contributed by atoms with Gasteiger partial charge in [0.1, 0.15) is 6.10 Å². The number of piperidine rings is 1. The number of nitro benzene ring substituents is 1. The summed E-state index contributed by atoms with van der Waals surface area (Å²) in [5.74, 6) is -1.17. The van der Waals surface area contributed by atoms with E-state index in [0.29, 0.717) is 24.9 Å². The fourth-order valence-electron chi connectivity index (χ4n) is 3.54. The Morgan fingerprint density at radius 2 is 1.87 bits per heavy atom. The molecule has 2 atom stereocenters. The van der Waals surface area contributed by atoms with Gasteiger partial charge in [0, 0.05) is 19.2 Å². The molecular formula is C21H24N2O6S. The molecule has 1 saturated heterocycles. The molecule has 0 radical (unpaired) electrons. The quantitative estimate of drug-likeness (QED) is 0.392. The smallest absolute Gasteiger partial charge is 0.310 e. The van der Waals surface area contributed by atoms with Crippen LogP contribution in [0.2, 0.25) is 0 Å². The number of nitrogens with zero attached hydrogens (tertiary/aromatic N) is 2. The predicted molar refractivity (Wildman–Crippen MR) is 110 cm³/mol. The van der Waals surface area contributed by atoms with Crippen LogP contribution in [0.5, 0.6) is 0 Å². The molecule has 1 fully saturated rings. The van der Waals surface area contributed by atoms with Crippen LogP contribution in [0.1, 0.15) is 37.0 Å². The van der Waals surface area contributed by atoms with Crippen molar-refractivity contribution in [3.63, 3.8) is 0 Å². The third kappa shape index (κ3) is 4.68. The van der Waals surface area contributed by atoms with E-state index in [1.54, 1.807) is 49.4 Å². The lowest BCUT2D eigenvalue weighted by Gasteiger charge is -2.31. The first-order chi connectivity index (χ1) is 14.2. The minimum absolute atomic E-state index is 0.0264. The summed E-state index contributed by atoms with van der Waals surface area (Å²) in [5, 5.41) is 11.2. The number of nitro groups is 1. The third-order valence-electron chi connectivity index (χ3n) is 5.24. The van der Waals surface area contributed by atoms with Crippen molar-refractivity contribution in [1.82, 2.24) is 4.31 Å². The molecular weight excluding hydrogens is 408 g/mol. The Hall–Kier alpha value is -2.78. The van der Waals surface area contributed by atoms with Gasteiger partial charge in [0.15, 0.2) is 0 Å². The summed E-state index contributed by atoms with van der Waals surface area (Å²) in [5.41, 5.74) is 1.14. The molecule has 0 N–H and O–H groups in total. The normalized spacial score (nSPS) is 18.5. The number of para-hydroxylation sites is 1. The average molecular weight is 432 g/mol. The van der Waals surface area contributed by atoms with Crippen molar-refractivity contribution >= 4 is 21.7 Å². The summed E-state index contributed by atoms with van der Waals surface area (Å²) >= 11 is 0. The highest BCUT2D eigenvalue weighted by atomic mass is 32.2. The van der Waals surface area contributed by atoms with Gasteiger partial charge >= 0.3 is 5.97 Å². The zero-order valence-electron chi connectivity index (χ0n) is 16.9. The summed E-state index contributed by atoms with van der Waals surface area (Å²) < 4.78 is 32.7. The number of hydrogen-bond acceptors (Lipinski definition) is 6. The number of rotatable bonds is 6. The van der Waals surface area contributed by atoms with Crippen LogP contribution in [0.15, 0.2) is 53.4 Å². The maximum absolute atomic E-state index is 12.9. The Bertz CT molecular complexity index is 1040. The lowest BCUT2D eigenvalue weighted by molar-refractivity contribution is -0.386. The van der Waals surface area contributed by atoms with E-state index < -0.39 is 32.9 Å². The van der Waals surface area contributed by atoms with E-state index in [-0.39, 0.29) is 17.1 Å². The fraction of sp³-hybridized carbons (Fsp3) is 0.381. The molecule has 0 bridgehead atoms. The highest BCUT2D eigenvalue weighted by molar-refractivity contribution is 7.89. The molecule has 2 aromatic carbocycles. The third-order valence-corrected chi connectivity index (χ3v) is 7.12. The van der Waals surface area contributed by atoms with Gasteiger partial charge in [-0.15, -0.1) is 0 Å². The number of ether oxygens (including phenoxy) is 1. The first kappa shape index (κ1) is 21.9. The van der Waals surface area contributed by atoms with Gasteiger partial charge in [-0.3, -0.25) is 14.9 Å². The van der Waals surface area contributed by atoms with Gasteiger partial charge < -0.3 is 4.74 Å². The predicted octanol–water partition coefficient (Wildman–Crippen LogP) is 3.61. The molecule has 1 heterocycles. The van der Waals surface area contributed by atoms with E-state index in [1.807, 2.05) is 6.92 Å². The van der Waals surface area contributed by atoms with Crippen LogP contribution in [0.3, 0.4) is 0 Å². The van der Waals surface area contributed by atoms with Crippen molar-refractivity contribution in [1.29, 1.82) is 0 Å². The Morgan fingerprint density at radius 1 is 1.20 bits per heavy atom. The number of carbonyl (C=O) groups excluding carboxylic acids is 1. The molecule has 160 valence electrons. The molecule has 0 aliphatic carbocycles. The van der Waals surface area contributed by atoms with Crippen LogP contribution in [-0.2, 0) is 19.6 Å². The molecule has 1 aliphatic rings. The van der Waals surface area contributed by atoms with Crippen LogP contribution < -0.4 is 0 Å². The Labute approximate surface area is 175 Å². The van der Waals surface area contributed by atoms with Crippen molar-refractivity contribution < 1.29 is 22.9 Å². The summed E-state index contributed by atoms with van der Waals surface area (Å²) in [6.07, 6.45) is 0.218. The number of benzene rings is 2. The lowest BCUT2D eigenvalue weighted by Crippen LogP contribution is -2.42. The van der Waals surface area contributed by atoms with E-state index in [1.165, 1.54) is 10.4 Å². The average Bonchev–Trinajstić information content (AvgIpc) is 2.74. The number of sulfonamides is 1. The highest BCUT2D eigenvalue weighted by Gasteiger charge is 2.35.